The van der Waals surface area contributed by atoms with E-state index in [4.69, 9.17) is 9.15 Å². The standard InChI is InChI=1S/C31H21N5O7/c37-27(18-15-20-7-4-5-12-26(20)42-30(39)22-8-2-1-3-9-22)32-24-11-6-10-23(19-24)28(38)33-31-35-34-29(43-31)21-13-16-25(17-14-21)36(40)41/h1-19H,(H,32,37)(H,33,35,38)/b18-15+. The molecular weight excluding hydrogens is 554 g/mol. The number of nitrogens with zero attached hydrogens (tertiary/aromatic N) is 3. The number of rotatable bonds is 9. The lowest BCUT2D eigenvalue weighted by Gasteiger charge is -2.08. The first-order chi connectivity index (χ1) is 20.9. The summed E-state index contributed by atoms with van der Waals surface area (Å²) >= 11 is 0. The van der Waals surface area contributed by atoms with Gasteiger partial charge in [-0.25, -0.2) is 4.79 Å². The van der Waals surface area contributed by atoms with Gasteiger partial charge in [0.2, 0.25) is 11.8 Å². The SMILES string of the molecule is O=C(/C=C/c1ccccc1OC(=O)c1ccccc1)Nc1cccc(C(=O)Nc2nnc(-c3ccc([N+](=O)[O-])cc3)o2)c1. The third kappa shape index (κ3) is 7.21. The molecule has 12 nitrogen and oxygen atoms in total. The van der Waals surface area contributed by atoms with Crippen molar-refractivity contribution in [3.63, 3.8) is 0 Å². The highest BCUT2D eigenvalue weighted by Crippen LogP contribution is 2.24. The lowest BCUT2D eigenvalue weighted by atomic mass is 10.1. The van der Waals surface area contributed by atoms with Crippen molar-refractivity contribution in [1.82, 2.24) is 10.2 Å². The molecule has 2 amide bonds. The molecule has 0 fully saturated rings. The number of hydrogen-bond donors (Lipinski definition) is 2. The molecule has 0 aliphatic rings. The van der Waals surface area contributed by atoms with E-state index in [9.17, 15) is 24.5 Å². The number of amides is 2. The number of hydrogen-bond acceptors (Lipinski definition) is 9. The van der Waals surface area contributed by atoms with E-state index in [-0.39, 0.29) is 28.9 Å². The number of nitrogens with one attached hydrogen (secondary N) is 2. The number of esters is 1. The number of carbonyl (C=O) groups excluding carboxylic acids is 3. The Morgan fingerprint density at radius 2 is 1.53 bits per heavy atom. The van der Waals surface area contributed by atoms with Gasteiger partial charge in [0.15, 0.2) is 0 Å². The predicted octanol–water partition coefficient (Wildman–Crippen LogP) is 5.77. The van der Waals surface area contributed by atoms with Gasteiger partial charge in [-0.15, -0.1) is 5.10 Å². The Hall–Kier alpha value is -6.43. The van der Waals surface area contributed by atoms with Crippen LogP contribution >= 0.6 is 0 Å². The number of nitro benzene ring substituents is 1. The molecule has 0 spiro atoms. The molecule has 1 heterocycles. The zero-order chi connectivity index (χ0) is 30.2. The number of aromatic nitrogens is 2. The van der Waals surface area contributed by atoms with Crippen LogP contribution in [0.25, 0.3) is 17.5 Å². The third-order valence-corrected chi connectivity index (χ3v) is 5.91. The lowest BCUT2D eigenvalue weighted by Crippen LogP contribution is -2.13. The Morgan fingerprint density at radius 1 is 0.814 bits per heavy atom. The molecule has 0 radical (unpaired) electrons. The van der Waals surface area contributed by atoms with Gasteiger partial charge < -0.3 is 14.5 Å². The van der Waals surface area contributed by atoms with Crippen LogP contribution < -0.4 is 15.4 Å². The molecule has 0 aliphatic carbocycles. The third-order valence-electron chi connectivity index (χ3n) is 5.91. The average Bonchev–Trinajstić information content (AvgIpc) is 3.49. The summed E-state index contributed by atoms with van der Waals surface area (Å²) in [5, 5.41) is 23.6. The number of anilines is 2. The molecule has 0 unspecified atom stereocenters. The summed E-state index contributed by atoms with van der Waals surface area (Å²) in [5.74, 6) is -1.22. The largest absolute Gasteiger partial charge is 0.422 e. The number of nitro groups is 1. The highest BCUT2D eigenvalue weighted by Gasteiger charge is 2.15. The first-order valence-electron chi connectivity index (χ1n) is 12.7. The van der Waals surface area contributed by atoms with E-state index in [0.29, 0.717) is 22.4 Å². The van der Waals surface area contributed by atoms with Gasteiger partial charge in [0, 0.05) is 40.6 Å². The molecule has 0 saturated carbocycles. The molecule has 5 aromatic rings. The predicted molar refractivity (Wildman–Crippen MR) is 156 cm³/mol. The van der Waals surface area contributed by atoms with Crippen LogP contribution in [0.2, 0.25) is 0 Å². The van der Waals surface area contributed by atoms with Crippen LogP contribution in [0.1, 0.15) is 26.3 Å². The summed E-state index contributed by atoms with van der Waals surface area (Å²) in [6.07, 6.45) is 2.79. The van der Waals surface area contributed by atoms with Crippen molar-refractivity contribution in [2.75, 3.05) is 10.6 Å². The molecule has 1 aromatic heterocycles. The minimum Gasteiger partial charge on any atom is -0.422 e. The summed E-state index contributed by atoms with van der Waals surface area (Å²) in [7, 11) is 0. The van der Waals surface area contributed by atoms with Gasteiger partial charge in [0.05, 0.1) is 10.5 Å². The number of non-ortho nitro benzene ring substituents is 1. The summed E-state index contributed by atoms with van der Waals surface area (Å²) in [4.78, 5) is 48.2. The quantitative estimate of drug-likeness (QED) is 0.0729. The summed E-state index contributed by atoms with van der Waals surface area (Å²) in [6, 6.07) is 26.8. The van der Waals surface area contributed by atoms with Crippen molar-refractivity contribution < 1.29 is 28.5 Å². The molecule has 212 valence electrons. The van der Waals surface area contributed by atoms with E-state index < -0.39 is 22.7 Å². The number of benzene rings is 4. The smallest absolute Gasteiger partial charge is 0.343 e. The van der Waals surface area contributed by atoms with Crippen LogP contribution in [0.4, 0.5) is 17.4 Å². The Morgan fingerprint density at radius 3 is 2.30 bits per heavy atom. The van der Waals surface area contributed by atoms with Gasteiger partial charge in [0.25, 0.3) is 11.6 Å². The molecule has 43 heavy (non-hydrogen) atoms. The van der Waals surface area contributed by atoms with E-state index in [1.165, 1.54) is 48.6 Å². The minimum atomic E-state index is -0.570. The molecular formula is C31H21N5O7. The molecule has 2 N–H and O–H groups in total. The van der Waals surface area contributed by atoms with Crippen LogP contribution in [0, 0.1) is 10.1 Å². The Labute approximate surface area is 243 Å². The van der Waals surface area contributed by atoms with Gasteiger partial charge in [-0.2, -0.15) is 0 Å². The van der Waals surface area contributed by atoms with Crippen LogP contribution in [0.15, 0.2) is 114 Å². The number of ether oxygens (including phenoxy) is 1. The fraction of sp³-hybridized carbons (Fsp3) is 0. The fourth-order valence-electron chi connectivity index (χ4n) is 3.82. The molecule has 4 aromatic carbocycles. The highest BCUT2D eigenvalue weighted by molar-refractivity contribution is 6.06. The monoisotopic (exact) mass is 575 g/mol. The van der Waals surface area contributed by atoms with Crippen molar-refractivity contribution in [3.8, 4) is 17.2 Å². The van der Waals surface area contributed by atoms with Crippen molar-refractivity contribution in [2.24, 2.45) is 0 Å². The Kier molecular flexibility index (Phi) is 8.39. The maximum atomic E-state index is 12.8. The second kappa shape index (κ2) is 12.8. The van der Waals surface area contributed by atoms with Crippen LogP contribution in [-0.2, 0) is 4.79 Å². The van der Waals surface area contributed by atoms with Crippen molar-refractivity contribution in [2.45, 2.75) is 0 Å². The second-order valence-corrected chi connectivity index (χ2v) is 8.87. The zero-order valence-electron chi connectivity index (χ0n) is 22.2. The molecule has 0 bridgehead atoms. The number of carbonyl (C=O) groups is 3. The average molecular weight is 576 g/mol. The van der Waals surface area contributed by atoms with Crippen LogP contribution in [0.5, 0.6) is 5.75 Å². The molecule has 0 aliphatic heterocycles. The zero-order valence-corrected chi connectivity index (χ0v) is 22.2. The normalized spacial score (nSPS) is 10.7. The maximum Gasteiger partial charge on any atom is 0.343 e. The number of para-hydroxylation sites is 1. The molecule has 12 heteroatoms. The maximum absolute atomic E-state index is 12.8. The molecule has 0 saturated heterocycles. The van der Waals surface area contributed by atoms with E-state index >= 15 is 0 Å². The van der Waals surface area contributed by atoms with Gasteiger partial charge in [0.1, 0.15) is 5.75 Å². The van der Waals surface area contributed by atoms with Gasteiger partial charge >= 0.3 is 12.0 Å². The van der Waals surface area contributed by atoms with Crippen molar-refractivity contribution >= 4 is 41.2 Å². The molecule has 5 rings (SSSR count). The lowest BCUT2D eigenvalue weighted by molar-refractivity contribution is -0.384. The van der Waals surface area contributed by atoms with E-state index in [1.807, 2.05) is 0 Å². The fourth-order valence-corrected chi connectivity index (χ4v) is 3.82. The Bertz CT molecular complexity index is 1830. The van der Waals surface area contributed by atoms with Gasteiger partial charge in [-0.1, -0.05) is 47.6 Å². The van der Waals surface area contributed by atoms with Crippen LogP contribution in [0.3, 0.4) is 0 Å². The molecule has 0 atom stereocenters. The van der Waals surface area contributed by atoms with Crippen LogP contribution in [-0.4, -0.2) is 32.9 Å². The summed E-state index contributed by atoms with van der Waals surface area (Å²) in [6.45, 7) is 0. The minimum absolute atomic E-state index is 0.0643. The van der Waals surface area contributed by atoms with Gasteiger partial charge in [-0.3, -0.25) is 25.0 Å². The second-order valence-electron chi connectivity index (χ2n) is 8.87. The summed E-state index contributed by atoms with van der Waals surface area (Å²) in [5.41, 5.74) is 1.81. The first kappa shape index (κ1) is 28.1. The topological polar surface area (TPSA) is 167 Å². The summed E-state index contributed by atoms with van der Waals surface area (Å²) < 4.78 is 11.0. The van der Waals surface area contributed by atoms with Gasteiger partial charge in [-0.05, 0) is 54.6 Å². The van der Waals surface area contributed by atoms with E-state index in [1.54, 1.807) is 66.7 Å². The highest BCUT2D eigenvalue weighted by atomic mass is 16.6. The van der Waals surface area contributed by atoms with Crippen molar-refractivity contribution in [3.05, 3.63) is 136 Å². The van der Waals surface area contributed by atoms with E-state index in [2.05, 4.69) is 20.8 Å². The first-order valence-corrected chi connectivity index (χ1v) is 12.7. The Balaban J connectivity index is 1.20. The van der Waals surface area contributed by atoms with Crippen molar-refractivity contribution in [1.29, 1.82) is 0 Å². The van der Waals surface area contributed by atoms with E-state index in [0.717, 1.165) is 0 Å².